The quantitative estimate of drug-likeness (QED) is 0.775. The minimum Gasteiger partial charge on any atom is -0.350 e. The molecule has 3 rings (SSSR count). The Bertz CT molecular complexity index is 883. The average molecular weight is 337 g/mol. The lowest BCUT2D eigenvalue weighted by molar-refractivity contribution is 0.0944. The Morgan fingerprint density at radius 2 is 1.96 bits per heavy atom. The Hall–Kier alpha value is -2.76. The number of aromatic nitrogens is 4. The molecular formula is C19H23N5O. The lowest BCUT2D eigenvalue weighted by Crippen LogP contribution is -2.28. The fraction of sp³-hybridized carbons (Fsp3) is 0.368. The number of fused-ring (bicyclic) bond motifs is 1. The molecule has 0 bridgehead atoms. The molecule has 0 saturated heterocycles. The second-order valence-corrected chi connectivity index (χ2v) is 6.84. The molecule has 0 aliphatic carbocycles. The van der Waals surface area contributed by atoms with E-state index in [-0.39, 0.29) is 11.8 Å². The van der Waals surface area contributed by atoms with Crippen LogP contribution in [0.2, 0.25) is 0 Å². The molecule has 6 nitrogen and oxygen atoms in total. The number of nitrogens with one attached hydrogen (secondary N) is 1. The van der Waals surface area contributed by atoms with Crippen LogP contribution in [-0.4, -0.2) is 32.0 Å². The summed E-state index contributed by atoms with van der Waals surface area (Å²) in [5, 5.41) is 7.56. The van der Waals surface area contributed by atoms with E-state index in [0.29, 0.717) is 23.8 Å². The lowest BCUT2D eigenvalue weighted by atomic mass is 10.1. The molecule has 0 spiro atoms. The fourth-order valence-electron chi connectivity index (χ4n) is 2.55. The van der Waals surface area contributed by atoms with Gasteiger partial charge in [-0.15, -0.1) is 0 Å². The van der Waals surface area contributed by atoms with E-state index >= 15 is 0 Å². The highest BCUT2D eigenvalue weighted by Crippen LogP contribution is 2.21. The van der Waals surface area contributed by atoms with Crippen LogP contribution in [-0.2, 0) is 0 Å². The maximum Gasteiger partial charge on any atom is 0.270 e. The highest BCUT2D eigenvalue weighted by atomic mass is 16.1. The van der Waals surface area contributed by atoms with Crippen molar-refractivity contribution in [3.8, 4) is 11.4 Å². The van der Waals surface area contributed by atoms with Gasteiger partial charge >= 0.3 is 0 Å². The molecule has 0 aliphatic heterocycles. The van der Waals surface area contributed by atoms with Crippen LogP contribution in [0.3, 0.4) is 0 Å². The second kappa shape index (κ2) is 7.01. The predicted octanol–water partition coefficient (Wildman–Crippen LogP) is 3.30. The molecule has 0 fully saturated rings. The van der Waals surface area contributed by atoms with Crippen molar-refractivity contribution in [3.63, 3.8) is 0 Å². The largest absolute Gasteiger partial charge is 0.350 e. The van der Waals surface area contributed by atoms with Crippen molar-refractivity contribution in [1.82, 2.24) is 24.9 Å². The molecule has 3 heterocycles. The zero-order valence-electron chi connectivity index (χ0n) is 15.0. The number of amides is 1. The normalized spacial score (nSPS) is 11.4. The van der Waals surface area contributed by atoms with Crippen molar-refractivity contribution in [1.29, 1.82) is 0 Å². The van der Waals surface area contributed by atoms with Crippen LogP contribution < -0.4 is 5.32 Å². The first kappa shape index (κ1) is 17.1. The summed E-state index contributed by atoms with van der Waals surface area (Å²) in [4.78, 5) is 21.3. The number of carbonyl (C=O) groups is 1. The molecular weight excluding hydrogens is 314 g/mol. The summed E-state index contributed by atoms with van der Waals surface area (Å²) in [6, 6.07) is 9.39. The van der Waals surface area contributed by atoms with Gasteiger partial charge in [0, 0.05) is 24.5 Å². The zero-order chi connectivity index (χ0) is 18.0. The predicted molar refractivity (Wildman–Crippen MR) is 97.5 cm³/mol. The molecule has 0 unspecified atom stereocenters. The molecule has 1 amide bonds. The molecule has 0 atom stereocenters. The maximum absolute atomic E-state index is 12.4. The van der Waals surface area contributed by atoms with Gasteiger partial charge < -0.3 is 5.32 Å². The number of pyridine rings is 1. The Balaban J connectivity index is 2.05. The summed E-state index contributed by atoms with van der Waals surface area (Å²) in [5.74, 6) is 0.445. The number of carbonyl (C=O) groups excluding carboxylic acids is 1. The van der Waals surface area contributed by atoms with E-state index in [2.05, 4.69) is 48.1 Å². The molecule has 25 heavy (non-hydrogen) atoms. The molecule has 0 aliphatic rings. The fourth-order valence-corrected chi connectivity index (χ4v) is 2.55. The van der Waals surface area contributed by atoms with Crippen LogP contribution in [0.15, 0.2) is 36.5 Å². The van der Waals surface area contributed by atoms with Crippen molar-refractivity contribution in [3.05, 3.63) is 47.9 Å². The molecule has 0 aromatic carbocycles. The van der Waals surface area contributed by atoms with Crippen LogP contribution in [0.1, 0.15) is 49.8 Å². The van der Waals surface area contributed by atoms with Gasteiger partial charge in [-0.2, -0.15) is 5.10 Å². The average Bonchev–Trinajstić information content (AvgIpc) is 3.03. The lowest BCUT2D eigenvalue weighted by Gasteiger charge is -2.11. The summed E-state index contributed by atoms with van der Waals surface area (Å²) in [6.45, 7) is 8.90. The monoisotopic (exact) mass is 337 g/mol. The Labute approximate surface area is 147 Å². The van der Waals surface area contributed by atoms with Crippen molar-refractivity contribution < 1.29 is 4.79 Å². The van der Waals surface area contributed by atoms with Crippen LogP contribution in [0.5, 0.6) is 0 Å². The smallest absolute Gasteiger partial charge is 0.270 e. The summed E-state index contributed by atoms with van der Waals surface area (Å²) >= 11 is 0. The summed E-state index contributed by atoms with van der Waals surface area (Å²) in [5.41, 5.74) is 3.55. The number of hydrogen-bond donors (Lipinski definition) is 1. The van der Waals surface area contributed by atoms with Gasteiger partial charge in [-0.05, 0) is 30.0 Å². The second-order valence-electron chi connectivity index (χ2n) is 6.84. The highest BCUT2D eigenvalue weighted by molar-refractivity contribution is 5.93. The first-order chi connectivity index (χ1) is 12.0. The Morgan fingerprint density at radius 3 is 2.60 bits per heavy atom. The van der Waals surface area contributed by atoms with Gasteiger partial charge in [0.05, 0.1) is 5.69 Å². The number of hydrogen-bond acceptors (Lipinski definition) is 4. The number of rotatable bonds is 5. The van der Waals surface area contributed by atoms with Crippen LogP contribution in [0.25, 0.3) is 17.0 Å². The van der Waals surface area contributed by atoms with Crippen LogP contribution in [0.4, 0.5) is 0 Å². The van der Waals surface area contributed by atoms with Gasteiger partial charge in [0.1, 0.15) is 11.4 Å². The maximum atomic E-state index is 12.4. The molecule has 3 aromatic heterocycles. The topological polar surface area (TPSA) is 72.2 Å². The summed E-state index contributed by atoms with van der Waals surface area (Å²) in [7, 11) is 0. The van der Waals surface area contributed by atoms with E-state index in [4.69, 9.17) is 0 Å². The first-order valence-electron chi connectivity index (χ1n) is 8.56. The summed E-state index contributed by atoms with van der Waals surface area (Å²) in [6.07, 6.45) is 1.74. The van der Waals surface area contributed by atoms with E-state index in [0.717, 1.165) is 17.1 Å². The van der Waals surface area contributed by atoms with Crippen molar-refractivity contribution in [2.75, 3.05) is 6.54 Å². The first-order valence-corrected chi connectivity index (χ1v) is 8.56. The molecule has 130 valence electrons. The van der Waals surface area contributed by atoms with E-state index in [1.165, 1.54) is 0 Å². The van der Waals surface area contributed by atoms with Gasteiger partial charge in [-0.25, -0.2) is 9.50 Å². The van der Waals surface area contributed by atoms with E-state index in [1.807, 2.05) is 30.3 Å². The van der Waals surface area contributed by atoms with Crippen LogP contribution in [0, 0.1) is 5.92 Å². The van der Waals surface area contributed by atoms with Crippen LogP contribution >= 0.6 is 0 Å². The Morgan fingerprint density at radius 1 is 1.16 bits per heavy atom. The zero-order valence-corrected chi connectivity index (χ0v) is 15.0. The number of nitrogens with zero attached hydrogens (tertiary/aromatic N) is 4. The minimum absolute atomic E-state index is 0.154. The third kappa shape index (κ3) is 3.68. The third-order valence-electron chi connectivity index (χ3n) is 3.88. The van der Waals surface area contributed by atoms with E-state index in [9.17, 15) is 4.79 Å². The molecule has 6 heteroatoms. The minimum atomic E-state index is -0.154. The van der Waals surface area contributed by atoms with E-state index in [1.54, 1.807) is 10.7 Å². The van der Waals surface area contributed by atoms with Gasteiger partial charge in [0.15, 0.2) is 5.65 Å². The van der Waals surface area contributed by atoms with Crippen molar-refractivity contribution in [2.24, 2.45) is 5.92 Å². The third-order valence-corrected chi connectivity index (χ3v) is 3.88. The standard InChI is InChI=1S/C19H23N5O/c1-12(2)11-21-19(25)16-9-17(13(3)4)24-18(22-16)10-15(23-24)14-7-5-6-8-20-14/h5-10,12-13H,11H2,1-4H3,(H,21,25). The molecule has 1 N–H and O–H groups in total. The van der Waals surface area contributed by atoms with Gasteiger partial charge in [0.2, 0.25) is 0 Å². The SMILES string of the molecule is CC(C)CNC(=O)c1cc(C(C)C)n2nc(-c3ccccn3)cc2n1. The van der Waals surface area contributed by atoms with Gasteiger partial charge in [-0.3, -0.25) is 9.78 Å². The van der Waals surface area contributed by atoms with Crippen molar-refractivity contribution >= 4 is 11.6 Å². The van der Waals surface area contributed by atoms with Crippen molar-refractivity contribution in [2.45, 2.75) is 33.6 Å². The molecule has 3 aromatic rings. The Kier molecular flexibility index (Phi) is 4.79. The van der Waals surface area contributed by atoms with Gasteiger partial charge in [0.25, 0.3) is 5.91 Å². The highest BCUT2D eigenvalue weighted by Gasteiger charge is 2.17. The van der Waals surface area contributed by atoms with Gasteiger partial charge in [-0.1, -0.05) is 33.8 Å². The van der Waals surface area contributed by atoms with E-state index < -0.39 is 0 Å². The summed E-state index contributed by atoms with van der Waals surface area (Å²) < 4.78 is 1.80. The molecule has 0 radical (unpaired) electrons. The molecule has 0 saturated carbocycles.